The fourth-order valence-corrected chi connectivity index (χ4v) is 4.11. The minimum atomic E-state index is -3.63. The third kappa shape index (κ3) is 3.29. The van der Waals surface area contributed by atoms with Crippen LogP contribution in [0.2, 0.25) is 0 Å². The van der Waals surface area contributed by atoms with Crippen LogP contribution < -0.4 is 9.04 Å². The first-order chi connectivity index (χ1) is 9.86. The molecule has 0 amide bonds. The lowest BCUT2D eigenvalue weighted by Crippen LogP contribution is -2.46. The van der Waals surface area contributed by atoms with Crippen LogP contribution in [0.3, 0.4) is 0 Å². The Labute approximate surface area is 125 Å². The molecule has 118 valence electrons. The normalized spacial score (nSPS) is 20.3. The smallest absolute Gasteiger partial charge is 0.303 e. The third-order valence-corrected chi connectivity index (χ3v) is 5.65. The second kappa shape index (κ2) is 6.19. The number of hydrogen-bond donors (Lipinski definition) is 0. The van der Waals surface area contributed by atoms with E-state index in [2.05, 4.69) is 0 Å². The van der Waals surface area contributed by atoms with Crippen molar-refractivity contribution in [3.05, 3.63) is 24.0 Å². The molecule has 0 unspecified atom stereocenters. The maximum atomic E-state index is 13.2. The van der Waals surface area contributed by atoms with Crippen molar-refractivity contribution in [1.29, 1.82) is 0 Å². The van der Waals surface area contributed by atoms with Crippen LogP contribution >= 0.6 is 0 Å². The first-order valence-electron chi connectivity index (χ1n) is 6.93. The van der Waals surface area contributed by atoms with E-state index in [9.17, 15) is 12.8 Å². The van der Waals surface area contributed by atoms with Gasteiger partial charge in [-0.15, -0.1) is 0 Å². The zero-order valence-electron chi connectivity index (χ0n) is 12.5. The monoisotopic (exact) mass is 316 g/mol. The van der Waals surface area contributed by atoms with E-state index in [1.54, 1.807) is 0 Å². The molecule has 0 aliphatic carbocycles. The quantitative estimate of drug-likeness (QED) is 0.856. The molecule has 1 aromatic rings. The van der Waals surface area contributed by atoms with Gasteiger partial charge in [0.15, 0.2) is 0 Å². The Morgan fingerprint density at radius 1 is 1.43 bits per heavy atom. The molecule has 1 saturated heterocycles. The van der Waals surface area contributed by atoms with Gasteiger partial charge in [-0.05, 0) is 30.9 Å². The van der Waals surface area contributed by atoms with E-state index >= 15 is 0 Å². The molecule has 21 heavy (non-hydrogen) atoms. The minimum Gasteiger partial charge on any atom is -0.494 e. The van der Waals surface area contributed by atoms with Crippen molar-refractivity contribution in [1.82, 2.24) is 4.31 Å². The third-order valence-electron chi connectivity index (χ3n) is 3.77. The van der Waals surface area contributed by atoms with Crippen molar-refractivity contribution in [3.63, 3.8) is 0 Å². The lowest BCUT2D eigenvalue weighted by atomic mass is 10.0. The zero-order chi connectivity index (χ0) is 15.6. The predicted molar refractivity (Wildman–Crippen MR) is 80.2 cm³/mol. The van der Waals surface area contributed by atoms with Gasteiger partial charge in [-0.25, -0.2) is 4.39 Å². The van der Waals surface area contributed by atoms with E-state index in [-0.39, 0.29) is 5.75 Å². The van der Waals surface area contributed by atoms with Crippen LogP contribution in [0.5, 0.6) is 5.75 Å². The summed E-state index contributed by atoms with van der Waals surface area (Å²) in [6.45, 7) is 3.07. The highest BCUT2D eigenvalue weighted by Crippen LogP contribution is 2.31. The molecule has 7 heteroatoms. The molecule has 0 bridgehead atoms. The zero-order valence-corrected chi connectivity index (χ0v) is 13.4. The van der Waals surface area contributed by atoms with E-state index < -0.39 is 16.0 Å². The average Bonchev–Trinajstić information content (AvgIpc) is 2.46. The van der Waals surface area contributed by atoms with Crippen LogP contribution in [-0.4, -0.2) is 40.0 Å². The second-order valence-corrected chi connectivity index (χ2v) is 7.36. The highest BCUT2D eigenvalue weighted by Gasteiger charge is 2.31. The Kier molecular flexibility index (Phi) is 4.73. The number of ether oxygens (including phenoxy) is 1. The first-order valence-corrected chi connectivity index (χ1v) is 8.33. The Morgan fingerprint density at radius 3 is 2.76 bits per heavy atom. The van der Waals surface area contributed by atoms with Gasteiger partial charge >= 0.3 is 10.2 Å². The number of halogens is 1. The van der Waals surface area contributed by atoms with E-state index in [1.807, 2.05) is 6.92 Å². The summed E-state index contributed by atoms with van der Waals surface area (Å²) in [4.78, 5) is 0. The summed E-state index contributed by atoms with van der Waals surface area (Å²) in [5, 5.41) is 0. The molecular formula is C14H21FN2O3S. The summed E-state index contributed by atoms with van der Waals surface area (Å²) in [7, 11) is -0.776. The molecule has 0 saturated carbocycles. The average molecular weight is 316 g/mol. The highest BCUT2D eigenvalue weighted by atomic mass is 32.2. The van der Waals surface area contributed by atoms with Crippen molar-refractivity contribution < 1.29 is 17.5 Å². The van der Waals surface area contributed by atoms with E-state index in [4.69, 9.17) is 4.74 Å². The number of methoxy groups -OCH3 is 1. The SMILES string of the molecule is COc1cc(F)ccc1N(C)S(=O)(=O)N1CCC[C@H](C)C1. The van der Waals surface area contributed by atoms with Gasteiger partial charge in [0.2, 0.25) is 0 Å². The van der Waals surface area contributed by atoms with Gasteiger partial charge < -0.3 is 4.74 Å². The van der Waals surface area contributed by atoms with E-state index in [0.717, 1.165) is 17.1 Å². The molecule has 0 N–H and O–H groups in total. The van der Waals surface area contributed by atoms with Crippen LogP contribution in [0.1, 0.15) is 19.8 Å². The molecule has 5 nitrogen and oxygen atoms in total. The molecule has 0 spiro atoms. The second-order valence-electron chi connectivity index (χ2n) is 5.40. The minimum absolute atomic E-state index is 0.200. The fraction of sp³-hybridized carbons (Fsp3) is 0.571. The Bertz CT molecular complexity index is 606. The lowest BCUT2D eigenvalue weighted by molar-refractivity contribution is 0.281. The molecule has 1 aliphatic heterocycles. The standard InChI is InChI=1S/C14H21FN2O3S/c1-11-5-4-8-17(10-11)21(18,19)16(2)13-7-6-12(15)9-14(13)20-3/h6-7,9,11H,4-5,8,10H2,1-3H3/t11-/m0/s1. The molecule has 1 fully saturated rings. The van der Waals surface area contributed by atoms with Crippen molar-refractivity contribution >= 4 is 15.9 Å². The molecule has 1 aliphatic rings. The maximum Gasteiger partial charge on any atom is 0.303 e. The first kappa shape index (κ1) is 16.0. The Balaban J connectivity index is 2.31. The molecule has 1 atom stereocenters. The van der Waals surface area contributed by atoms with Gasteiger partial charge in [0, 0.05) is 26.2 Å². The van der Waals surface area contributed by atoms with Gasteiger partial charge in [0.05, 0.1) is 12.8 Å². The largest absolute Gasteiger partial charge is 0.494 e. The number of hydrogen-bond acceptors (Lipinski definition) is 3. The summed E-state index contributed by atoms with van der Waals surface area (Å²) in [5.41, 5.74) is 0.331. The number of benzene rings is 1. The summed E-state index contributed by atoms with van der Waals surface area (Å²) >= 11 is 0. The summed E-state index contributed by atoms with van der Waals surface area (Å²) < 4.78 is 46.3. The molecular weight excluding hydrogens is 295 g/mol. The Hall–Kier alpha value is -1.34. The van der Waals surface area contributed by atoms with Gasteiger partial charge in [0.25, 0.3) is 0 Å². The number of anilines is 1. The van der Waals surface area contributed by atoms with Gasteiger partial charge in [-0.3, -0.25) is 4.31 Å². The van der Waals surface area contributed by atoms with Gasteiger partial charge in [0.1, 0.15) is 11.6 Å². The molecule has 0 aromatic heterocycles. The highest BCUT2D eigenvalue weighted by molar-refractivity contribution is 7.90. The molecule has 1 aromatic carbocycles. The van der Waals surface area contributed by atoms with Gasteiger partial charge in [-0.2, -0.15) is 12.7 Å². The van der Waals surface area contributed by atoms with Crippen LogP contribution in [0.4, 0.5) is 10.1 Å². The van der Waals surface area contributed by atoms with Crippen LogP contribution in [0.15, 0.2) is 18.2 Å². The van der Waals surface area contributed by atoms with E-state index in [1.165, 1.54) is 36.7 Å². The summed E-state index contributed by atoms with van der Waals surface area (Å²) in [6.07, 6.45) is 1.89. The number of piperidine rings is 1. The predicted octanol–water partition coefficient (Wildman–Crippen LogP) is 2.25. The number of rotatable bonds is 4. The van der Waals surface area contributed by atoms with Crippen molar-refractivity contribution in [2.45, 2.75) is 19.8 Å². The van der Waals surface area contributed by atoms with Crippen LogP contribution in [0, 0.1) is 11.7 Å². The molecule has 0 radical (unpaired) electrons. The molecule has 1 heterocycles. The topological polar surface area (TPSA) is 49.9 Å². The summed E-state index contributed by atoms with van der Waals surface area (Å²) in [5.74, 6) is 0.0798. The maximum absolute atomic E-state index is 13.2. The van der Waals surface area contributed by atoms with Crippen molar-refractivity contribution in [3.8, 4) is 5.75 Å². The van der Waals surface area contributed by atoms with Crippen LogP contribution in [-0.2, 0) is 10.2 Å². The fourth-order valence-electron chi connectivity index (χ4n) is 2.56. The van der Waals surface area contributed by atoms with E-state index in [0.29, 0.717) is 24.7 Å². The lowest BCUT2D eigenvalue weighted by Gasteiger charge is -2.34. The molecule has 2 rings (SSSR count). The Morgan fingerprint density at radius 2 is 2.14 bits per heavy atom. The van der Waals surface area contributed by atoms with Crippen molar-refractivity contribution in [2.24, 2.45) is 5.92 Å². The van der Waals surface area contributed by atoms with Crippen molar-refractivity contribution in [2.75, 3.05) is 31.6 Å². The van der Waals surface area contributed by atoms with Gasteiger partial charge in [-0.1, -0.05) is 6.92 Å². The summed E-state index contributed by atoms with van der Waals surface area (Å²) in [6, 6.07) is 3.82. The number of nitrogens with zero attached hydrogens (tertiary/aromatic N) is 2. The van der Waals surface area contributed by atoms with Crippen LogP contribution in [0.25, 0.3) is 0 Å².